The Morgan fingerprint density at radius 1 is 0.852 bits per heavy atom. The van der Waals surface area contributed by atoms with Crippen LogP contribution in [-0.4, -0.2) is 14.4 Å². The summed E-state index contributed by atoms with van der Waals surface area (Å²) in [7, 11) is -3.81. The Morgan fingerprint density at radius 2 is 1.37 bits per heavy atom. The number of ether oxygens (including phenoxy) is 1. The van der Waals surface area contributed by atoms with Crippen LogP contribution in [0.2, 0.25) is 0 Å². The van der Waals surface area contributed by atoms with Crippen molar-refractivity contribution in [3.8, 4) is 11.5 Å². The summed E-state index contributed by atoms with van der Waals surface area (Å²) < 4.78 is 33.0. The molecular formula is C20H16NO5S-. The van der Waals surface area contributed by atoms with Crippen LogP contribution in [0.4, 0.5) is 5.69 Å². The van der Waals surface area contributed by atoms with Crippen LogP contribution in [0.15, 0.2) is 77.7 Å². The third-order valence-electron chi connectivity index (χ3n) is 3.76. The van der Waals surface area contributed by atoms with Gasteiger partial charge in [-0.15, -0.1) is 0 Å². The lowest BCUT2D eigenvalue weighted by atomic mass is 10.2. The van der Waals surface area contributed by atoms with Gasteiger partial charge in [-0.3, -0.25) is 4.72 Å². The molecule has 0 spiro atoms. The third kappa shape index (κ3) is 4.65. The Balaban J connectivity index is 1.72. The molecule has 6 nitrogen and oxygen atoms in total. The number of anilines is 1. The highest BCUT2D eigenvalue weighted by atomic mass is 32.2. The van der Waals surface area contributed by atoms with Gasteiger partial charge in [0.25, 0.3) is 10.0 Å². The maximum atomic E-state index is 12.4. The molecule has 0 saturated carbocycles. The predicted octanol–water partition coefficient (Wildman–Crippen LogP) is 2.95. The van der Waals surface area contributed by atoms with Crippen LogP contribution >= 0.6 is 0 Å². The molecular weight excluding hydrogens is 366 g/mol. The normalized spacial score (nSPS) is 11.0. The molecule has 0 atom stereocenters. The van der Waals surface area contributed by atoms with Gasteiger partial charge in [-0.2, -0.15) is 0 Å². The van der Waals surface area contributed by atoms with Crippen LogP contribution in [0.1, 0.15) is 15.9 Å². The van der Waals surface area contributed by atoms with Crippen LogP contribution in [-0.2, 0) is 10.0 Å². The zero-order valence-electron chi connectivity index (χ0n) is 14.4. The molecule has 3 aromatic rings. The van der Waals surface area contributed by atoms with E-state index in [0.717, 1.165) is 5.56 Å². The molecule has 0 unspecified atom stereocenters. The number of carbonyl (C=O) groups excluding carboxylic acids is 1. The van der Waals surface area contributed by atoms with Crippen LogP contribution in [0.5, 0.6) is 11.5 Å². The molecule has 0 radical (unpaired) electrons. The summed E-state index contributed by atoms with van der Waals surface area (Å²) in [5, 5.41) is 10.7. The quantitative estimate of drug-likeness (QED) is 0.707. The number of carboxylic acids is 1. The number of rotatable bonds is 6. The van der Waals surface area contributed by atoms with E-state index in [1.807, 2.05) is 31.2 Å². The number of carbonyl (C=O) groups is 1. The summed E-state index contributed by atoms with van der Waals surface area (Å²) in [5.74, 6) is -0.160. The number of benzene rings is 3. The van der Waals surface area contributed by atoms with Crippen molar-refractivity contribution in [2.24, 2.45) is 0 Å². The van der Waals surface area contributed by atoms with Crippen molar-refractivity contribution in [3.63, 3.8) is 0 Å². The first-order valence-corrected chi connectivity index (χ1v) is 9.51. The number of aromatic carboxylic acids is 1. The molecule has 0 saturated heterocycles. The second-order valence-corrected chi connectivity index (χ2v) is 7.54. The monoisotopic (exact) mass is 382 g/mol. The lowest BCUT2D eigenvalue weighted by molar-refractivity contribution is -0.255. The van der Waals surface area contributed by atoms with E-state index in [4.69, 9.17) is 4.74 Å². The Bertz CT molecular complexity index is 1040. The average Bonchev–Trinajstić information content (AvgIpc) is 2.64. The van der Waals surface area contributed by atoms with E-state index in [1.165, 1.54) is 36.4 Å². The number of nitrogens with one attached hydrogen (secondary N) is 1. The largest absolute Gasteiger partial charge is 0.545 e. The van der Waals surface area contributed by atoms with Crippen molar-refractivity contribution in [1.29, 1.82) is 0 Å². The highest BCUT2D eigenvalue weighted by Gasteiger charge is 2.14. The summed E-state index contributed by atoms with van der Waals surface area (Å²) >= 11 is 0. The number of carboxylic acid groups (broad SMARTS) is 1. The molecule has 3 rings (SSSR count). The molecule has 0 fully saturated rings. The zero-order valence-corrected chi connectivity index (χ0v) is 15.2. The molecule has 0 aromatic heterocycles. The fraction of sp³-hybridized carbons (Fsp3) is 0.0500. The molecule has 0 amide bonds. The van der Waals surface area contributed by atoms with Gasteiger partial charge in [0.05, 0.1) is 10.9 Å². The molecule has 0 aliphatic heterocycles. The topological polar surface area (TPSA) is 95.5 Å². The van der Waals surface area contributed by atoms with Gasteiger partial charge in [-0.25, -0.2) is 8.42 Å². The van der Waals surface area contributed by atoms with Crippen molar-refractivity contribution in [3.05, 3.63) is 83.9 Å². The van der Waals surface area contributed by atoms with Crippen molar-refractivity contribution in [2.75, 3.05) is 4.72 Å². The molecule has 0 aliphatic rings. The van der Waals surface area contributed by atoms with Crippen molar-refractivity contribution in [1.82, 2.24) is 0 Å². The SMILES string of the molecule is Cc1ccc(Oc2ccc(S(=O)(=O)Nc3ccc(C(=O)[O-])cc3)cc2)cc1. The lowest BCUT2D eigenvalue weighted by Gasteiger charge is -2.10. The maximum absolute atomic E-state index is 12.4. The molecule has 27 heavy (non-hydrogen) atoms. The zero-order chi connectivity index (χ0) is 19.4. The molecule has 7 heteroatoms. The number of hydrogen-bond donors (Lipinski definition) is 1. The van der Waals surface area contributed by atoms with E-state index in [2.05, 4.69) is 4.72 Å². The number of sulfonamides is 1. The van der Waals surface area contributed by atoms with Gasteiger partial charge in [0.15, 0.2) is 0 Å². The fourth-order valence-electron chi connectivity index (χ4n) is 2.32. The second-order valence-electron chi connectivity index (χ2n) is 5.86. The first-order chi connectivity index (χ1) is 12.8. The summed E-state index contributed by atoms with van der Waals surface area (Å²) in [6.45, 7) is 1.97. The third-order valence-corrected chi connectivity index (χ3v) is 5.16. The van der Waals surface area contributed by atoms with Crippen LogP contribution in [0.25, 0.3) is 0 Å². The molecule has 1 N–H and O–H groups in total. The summed E-state index contributed by atoms with van der Waals surface area (Å²) in [6, 6.07) is 18.7. The molecule has 138 valence electrons. The highest BCUT2D eigenvalue weighted by molar-refractivity contribution is 7.92. The van der Waals surface area contributed by atoms with Gasteiger partial charge >= 0.3 is 0 Å². The minimum atomic E-state index is -3.81. The van der Waals surface area contributed by atoms with E-state index in [0.29, 0.717) is 11.5 Å². The summed E-state index contributed by atoms with van der Waals surface area (Å²) in [4.78, 5) is 10.8. The van der Waals surface area contributed by atoms with Gasteiger partial charge < -0.3 is 14.6 Å². The van der Waals surface area contributed by atoms with Gasteiger partial charge in [-0.1, -0.05) is 29.8 Å². The molecule has 0 heterocycles. The first-order valence-electron chi connectivity index (χ1n) is 8.02. The van der Waals surface area contributed by atoms with Crippen LogP contribution in [0, 0.1) is 6.92 Å². The van der Waals surface area contributed by atoms with Crippen molar-refractivity contribution >= 4 is 21.7 Å². The van der Waals surface area contributed by atoms with E-state index in [-0.39, 0.29) is 16.1 Å². The Hall–Kier alpha value is -3.32. The Labute approximate surface area is 157 Å². The Morgan fingerprint density at radius 3 is 1.89 bits per heavy atom. The second kappa shape index (κ2) is 7.51. The molecule has 3 aromatic carbocycles. The fourth-order valence-corrected chi connectivity index (χ4v) is 3.38. The predicted molar refractivity (Wildman–Crippen MR) is 99.3 cm³/mol. The summed E-state index contributed by atoms with van der Waals surface area (Å²) in [5.41, 5.74) is 1.33. The van der Waals surface area contributed by atoms with Crippen LogP contribution < -0.4 is 14.6 Å². The minimum Gasteiger partial charge on any atom is -0.545 e. The summed E-state index contributed by atoms with van der Waals surface area (Å²) in [6.07, 6.45) is 0. The van der Waals surface area contributed by atoms with E-state index in [1.54, 1.807) is 12.1 Å². The standard InChI is InChI=1S/C20H17NO5S/c1-14-2-8-17(9-3-14)26-18-10-12-19(13-11-18)27(24,25)21-16-6-4-15(5-7-16)20(22)23/h2-13,21H,1H3,(H,22,23)/p-1. The van der Waals surface area contributed by atoms with Crippen molar-refractivity contribution < 1.29 is 23.1 Å². The van der Waals surface area contributed by atoms with Crippen LogP contribution in [0.3, 0.4) is 0 Å². The first kappa shape index (κ1) is 18.5. The molecule has 0 bridgehead atoms. The van der Waals surface area contributed by atoms with Gasteiger partial charge in [0, 0.05) is 5.69 Å². The smallest absolute Gasteiger partial charge is 0.261 e. The van der Waals surface area contributed by atoms with Crippen molar-refractivity contribution in [2.45, 2.75) is 11.8 Å². The number of aryl methyl sites for hydroxylation is 1. The van der Waals surface area contributed by atoms with E-state index >= 15 is 0 Å². The minimum absolute atomic E-state index is 0.0319. The van der Waals surface area contributed by atoms with Gasteiger partial charge in [0.2, 0.25) is 0 Å². The average molecular weight is 382 g/mol. The lowest BCUT2D eigenvalue weighted by Crippen LogP contribution is -2.22. The van der Waals surface area contributed by atoms with Gasteiger partial charge in [0.1, 0.15) is 11.5 Å². The number of hydrogen-bond acceptors (Lipinski definition) is 5. The van der Waals surface area contributed by atoms with E-state index in [9.17, 15) is 18.3 Å². The van der Waals surface area contributed by atoms with Gasteiger partial charge in [-0.05, 0) is 61.0 Å². The highest BCUT2D eigenvalue weighted by Crippen LogP contribution is 2.24. The van der Waals surface area contributed by atoms with E-state index < -0.39 is 16.0 Å². The Kier molecular flexibility index (Phi) is 5.14. The molecule has 0 aliphatic carbocycles. The maximum Gasteiger partial charge on any atom is 0.261 e.